The Kier molecular flexibility index (Phi) is 3.20. The molecule has 0 bridgehead atoms. The van der Waals surface area contributed by atoms with E-state index in [0.717, 1.165) is 11.1 Å². The lowest BCUT2D eigenvalue weighted by atomic mass is 10.0. The Balaban J connectivity index is 3.06. The van der Waals surface area contributed by atoms with E-state index >= 15 is 0 Å². The molecule has 0 saturated carbocycles. The van der Waals surface area contributed by atoms with Crippen LogP contribution in [0.2, 0.25) is 0 Å². The molecule has 1 rings (SSSR count). The van der Waals surface area contributed by atoms with Crippen LogP contribution in [0.4, 0.5) is 0 Å². The number of ketones is 1. The van der Waals surface area contributed by atoms with E-state index in [4.69, 9.17) is 5.73 Å². The second-order valence-corrected chi connectivity index (χ2v) is 3.51. The quantitative estimate of drug-likeness (QED) is 0.741. The van der Waals surface area contributed by atoms with Crippen molar-refractivity contribution in [3.63, 3.8) is 0 Å². The molecule has 0 spiro atoms. The highest BCUT2D eigenvalue weighted by atomic mass is 16.1. The minimum Gasteiger partial charge on any atom is -0.321 e. The first-order chi connectivity index (χ1) is 6.52. The van der Waals surface area contributed by atoms with Crippen molar-refractivity contribution < 1.29 is 4.79 Å². The molecule has 2 nitrogen and oxygen atoms in total. The van der Waals surface area contributed by atoms with Crippen molar-refractivity contribution in [2.24, 2.45) is 5.73 Å². The lowest BCUT2D eigenvalue weighted by molar-refractivity contribution is 0.0968. The van der Waals surface area contributed by atoms with Crippen LogP contribution in [0.3, 0.4) is 0 Å². The minimum absolute atomic E-state index is 0.0342. The Hall–Kier alpha value is -1.41. The van der Waals surface area contributed by atoms with Gasteiger partial charge in [0.05, 0.1) is 6.04 Å². The van der Waals surface area contributed by atoms with Crippen molar-refractivity contribution >= 4 is 11.4 Å². The molecule has 0 amide bonds. The van der Waals surface area contributed by atoms with Crippen molar-refractivity contribution in [3.8, 4) is 0 Å². The minimum atomic E-state index is -0.449. The molecular weight excluding hydrogens is 174 g/mol. The molecule has 0 saturated heterocycles. The van der Waals surface area contributed by atoms with E-state index in [1.54, 1.807) is 13.0 Å². The average molecular weight is 189 g/mol. The average Bonchev–Trinajstić information content (AvgIpc) is 2.16. The first kappa shape index (κ1) is 10.7. The molecule has 0 aliphatic rings. The fourth-order valence-electron chi connectivity index (χ4n) is 1.20. The van der Waals surface area contributed by atoms with Gasteiger partial charge in [0.2, 0.25) is 0 Å². The summed E-state index contributed by atoms with van der Waals surface area (Å²) >= 11 is 0. The maximum Gasteiger partial charge on any atom is 0.179 e. The molecule has 1 aromatic carbocycles. The molecule has 1 atom stereocenters. The molecule has 1 aromatic rings. The second kappa shape index (κ2) is 4.20. The first-order valence-corrected chi connectivity index (χ1v) is 4.58. The Morgan fingerprint density at radius 2 is 2.00 bits per heavy atom. The van der Waals surface area contributed by atoms with Gasteiger partial charge in [-0.25, -0.2) is 0 Å². The SMILES string of the molecule is C=C(C)c1cccc(C(=O)C(C)N)c1. The molecule has 0 aliphatic carbocycles. The first-order valence-electron chi connectivity index (χ1n) is 4.58. The summed E-state index contributed by atoms with van der Waals surface area (Å²) < 4.78 is 0. The van der Waals surface area contributed by atoms with E-state index in [0.29, 0.717) is 5.56 Å². The highest BCUT2D eigenvalue weighted by molar-refractivity contribution is 6.00. The molecule has 74 valence electrons. The van der Waals surface area contributed by atoms with Crippen molar-refractivity contribution in [2.75, 3.05) is 0 Å². The number of hydrogen-bond donors (Lipinski definition) is 1. The lowest BCUT2D eigenvalue weighted by Gasteiger charge is -2.06. The standard InChI is InChI=1S/C12H15NO/c1-8(2)10-5-4-6-11(7-10)12(14)9(3)13/h4-7,9H,1,13H2,2-3H3. The Morgan fingerprint density at radius 3 is 2.50 bits per heavy atom. The van der Waals surface area contributed by atoms with Crippen molar-refractivity contribution in [1.29, 1.82) is 0 Å². The van der Waals surface area contributed by atoms with E-state index in [2.05, 4.69) is 6.58 Å². The molecule has 0 heterocycles. The molecule has 2 N–H and O–H groups in total. The highest BCUT2D eigenvalue weighted by Crippen LogP contribution is 2.14. The van der Waals surface area contributed by atoms with Crippen molar-refractivity contribution in [1.82, 2.24) is 0 Å². The summed E-state index contributed by atoms with van der Waals surface area (Å²) in [5, 5.41) is 0. The summed E-state index contributed by atoms with van der Waals surface area (Å²) in [5.74, 6) is -0.0342. The van der Waals surface area contributed by atoms with Crippen LogP contribution in [0.25, 0.3) is 5.57 Å². The van der Waals surface area contributed by atoms with Crippen molar-refractivity contribution in [3.05, 3.63) is 42.0 Å². The van der Waals surface area contributed by atoms with Gasteiger partial charge in [0.25, 0.3) is 0 Å². The fraction of sp³-hybridized carbons (Fsp3) is 0.250. The zero-order valence-electron chi connectivity index (χ0n) is 8.58. The van der Waals surface area contributed by atoms with Gasteiger partial charge in [0.15, 0.2) is 5.78 Å². The van der Waals surface area contributed by atoms with E-state index in [9.17, 15) is 4.79 Å². The maximum atomic E-state index is 11.6. The molecule has 0 radical (unpaired) electrons. The number of allylic oxidation sites excluding steroid dienone is 1. The normalized spacial score (nSPS) is 12.2. The van der Waals surface area contributed by atoms with Gasteiger partial charge in [-0.1, -0.05) is 30.4 Å². The van der Waals surface area contributed by atoms with Gasteiger partial charge in [-0.05, 0) is 25.5 Å². The number of carbonyl (C=O) groups is 1. The van der Waals surface area contributed by atoms with Crippen molar-refractivity contribution in [2.45, 2.75) is 19.9 Å². The number of rotatable bonds is 3. The zero-order valence-corrected chi connectivity index (χ0v) is 8.58. The topological polar surface area (TPSA) is 43.1 Å². The number of hydrogen-bond acceptors (Lipinski definition) is 2. The highest BCUT2D eigenvalue weighted by Gasteiger charge is 2.10. The number of benzene rings is 1. The summed E-state index contributed by atoms with van der Waals surface area (Å²) in [6.07, 6.45) is 0. The van der Waals surface area contributed by atoms with Crippen LogP contribution < -0.4 is 5.73 Å². The van der Waals surface area contributed by atoms with Crippen LogP contribution in [0.1, 0.15) is 29.8 Å². The van der Waals surface area contributed by atoms with Crippen LogP contribution in [-0.4, -0.2) is 11.8 Å². The van der Waals surface area contributed by atoms with Gasteiger partial charge in [0.1, 0.15) is 0 Å². The summed E-state index contributed by atoms with van der Waals surface area (Å²) in [6, 6.07) is 6.93. The number of carbonyl (C=O) groups excluding carboxylic acids is 1. The third-order valence-corrected chi connectivity index (χ3v) is 2.05. The molecule has 0 aromatic heterocycles. The third kappa shape index (κ3) is 2.30. The van der Waals surface area contributed by atoms with Crippen LogP contribution in [0, 0.1) is 0 Å². The third-order valence-electron chi connectivity index (χ3n) is 2.05. The Labute approximate surface area is 84.4 Å². The Bertz CT molecular complexity index is 366. The fourth-order valence-corrected chi connectivity index (χ4v) is 1.20. The lowest BCUT2D eigenvalue weighted by Crippen LogP contribution is -2.26. The van der Waals surface area contributed by atoms with Gasteiger partial charge in [0, 0.05) is 5.56 Å². The Morgan fingerprint density at radius 1 is 1.43 bits per heavy atom. The maximum absolute atomic E-state index is 11.6. The molecule has 0 aliphatic heterocycles. The predicted molar refractivity (Wildman–Crippen MR) is 59.1 cm³/mol. The summed E-state index contributed by atoms with van der Waals surface area (Å²) in [5.41, 5.74) is 8.11. The predicted octanol–water partition coefficient (Wildman–Crippen LogP) is 2.25. The monoisotopic (exact) mass is 189 g/mol. The summed E-state index contributed by atoms with van der Waals surface area (Å²) in [4.78, 5) is 11.6. The zero-order chi connectivity index (χ0) is 10.7. The molecule has 1 unspecified atom stereocenters. The van der Waals surface area contributed by atoms with E-state index in [1.807, 2.05) is 25.1 Å². The summed E-state index contributed by atoms with van der Waals surface area (Å²) in [6.45, 7) is 7.43. The molecule has 2 heteroatoms. The smallest absolute Gasteiger partial charge is 0.179 e. The van der Waals surface area contributed by atoms with Crippen LogP contribution >= 0.6 is 0 Å². The van der Waals surface area contributed by atoms with Gasteiger partial charge in [-0.2, -0.15) is 0 Å². The van der Waals surface area contributed by atoms with E-state index < -0.39 is 6.04 Å². The summed E-state index contributed by atoms with van der Waals surface area (Å²) in [7, 11) is 0. The second-order valence-electron chi connectivity index (χ2n) is 3.51. The van der Waals surface area contributed by atoms with Crippen LogP contribution in [0.5, 0.6) is 0 Å². The van der Waals surface area contributed by atoms with Gasteiger partial charge < -0.3 is 5.73 Å². The van der Waals surface area contributed by atoms with E-state index in [-0.39, 0.29) is 5.78 Å². The molecule has 14 heavy (non-hydrogen) atoms. The molecule has 0 fully saturated rings. The number of Topliss-reactive ketones (excluding diaryl/α,β-unsaturated/α-hetero) is 1. The van der Waals surface area contributed by atoms with Crippen LogP contribution in [0.15, 0.2) is 30.8 Å². The van der Waals surface area contributed by atoms with Gasteiger partial charge in [-0.3, -0.25) is 4.79 Å². The van der Waals surface area contributed by atoms with Crippen LogP contribution in [-0.2, 0) is 0 Å². The molecular formula is C12H15NO. The largest absolute Gasteiger partial charge is 0.321 e. The van der Waals surface area contributed by atoms with E-state index in [1.165, 1.54) is 0 Å². The number of nitrogens with two attached hydrogens (primary N) is 1. The van der Waals surface area contributed by atoms with Gasteiger partial charge >= 0.3 is 0 Å². The van der Waals surface area contributed by atoms with Gasteiger partial charge in [-0.15, -0.1) is 0 Å².